The molecule has 1 spiro atoms. The minimum atomic E-state index is -0.292. The first-order valence-corrected chi connectivity index (χ1v) is 6.63. The van der Waals surface area contributed by atoms with Crippen LogP contribution in [0, 0.1) is 0 Å². The van der Waals surface area contributed by atoms with Gasteiger partial charge >= 0.3 is 0 Å². The molecule has 2 aliphatic rings. The number of piperidine rings is 1. The number of benzene rings is 1. The fourth-order valence-corrected chi connectivity index (χ4v) is 3.46. The van der Waals surface area contributed by atoms with Crippen molar-refractivity contribution in [2.24, 2.45) is 0 Å². The summed E-state index contributed by atoms with van der Waals surface area (Å²) in [6.07, 6.45) is 3.74. The molecule has 1 heterocycles. The van der Waals surface area contributed by atoms with Crippen LogP contribution in [0.2, 0.25) is 0 Å². The number of carbonyl (C=O) groups excluding carboxylic acids is 2. The highest BCUT2D eigenvalue weighted by Gasteiger charge is 2.43. The van der Waals surface area contributed by atoms with Crippen LogP contribution in [0.15, 0.2) is 18.2 Å². The highest BCUT2D eigenvalue weighted by molar-refractivity contribution is 5.99. The van der Waals surface area contributed by atoms with Crippen molar-refractivity contribution in [2.75, 3.05) is 7.11 Å². The Morgan fingerprint density at radius 3 is 2.63 bits per heavy atom. The number of methoxy groups -OCH3 is 1. The number of rotatable bonds is 1. The molecule has 1 aliphatic heterocycles. The number of fused-ring (bicyclic) bond motifs is 2. The van der Waals surface area contributed by atoms with Crippen LogP contribution in [0.5, 0.6) is 5.75 Å². The largest absolute Gasteiger partial charge is 0.497 e. The van der Waals surface area contributed by atoms with Crippen LogP contribution in [-0.2, 0) is 21.4 Å². The van der Waals surface area contributed by atoms with Gasteiger partial charge in [0, 0.05) is 18.3 Å². The van der Waals surface area contributed by atoms with Crippen molar-refractivity contribution in [3.05, 3.63) is 29.3 Å². The lowest BCUT2D eigenvalue weighted by Crippen LogP contribution is -2.48. The number of nitrogens with one attached hydrogen (secondary N) is 1. The summed E-state index contributed by atoms with van der Waals surface area (Å²) in [6, 6.07) is 5.98. The minimum absolute atomic E-state index is 0.153. The topological polar surface area (TPSA) is 55.4 Å². The van der Waals surface area contributed by atoms with Crippen LogP contribution in [0.25, 0.3) is 0 Å². The van der Waals surface area contributed by atoms with E-state index in [-0.39, 0.29) is 17.2 Å². The summed E-state index contributed by atoms with van der Waals surface area (Å²) in [6.45, 7) is 0. The van der Waals surface area contributed by atoms with Gasteiger partial charge in [0.2, 0.25) is 11.8 Å². The molecular formula is C15H17NO3. The number of ether oxygens (including phenoxy) is 1. The quantitative estimate of drug-likeness (QED) is 0.781. The maximum absolute atomic E-state index is 11.7. The van der Waals surface area contributed by atoms with Gasteiger partial charge in [-0.25, -0.2) is 0 Å². The third kappa shape index (κ3) is 2.01. The van der Waals surface area contributed by atoms with Crippen LogP contribution in [-0.4, -0.2) is 18.9 Å². The molecule has 0 aromatic heterocycles. The Morgan fingerprint density at radius 1 is 1.21 bits per heavy atom. The Bertz CT molecular complexity index is 534. The van der Waals surface area contributed by atoms with E-state index in [4.69, 9.17) is 4.74 Å². The van der Waals surface area contributed by atoms with E-state index in [1.54, 1.807) is 7.11 Å². The Hall–Kier alpha value is -1.84. The zero-order valence-corrected chi connectivity index (χ0v) is 11.0. The molecule has 3 rings (SSSR count). The van der Waals surface area contributed by atoms with Crippen molar-refractivity contribution in [3.8, 4) is 5.75 Å². The van der Waals surface area contributed by atoms with Crippen LogP contribution >= 0.6 is 0 Å². The van der Waals surface area contributed by atoms with Gasteiger partial charge in [-0.1, -0.05) is 6.07 Å². The number of imide groups is 1. The Labute approximate surface area is 112 Å². The van der Waals surface area contributed by atoms with Gasteiger partial charge in [0.15, 0.2) is 0 Å². The highest BCUT2D eigenvalue weighted by atomic mass is 16.5. The second kappa shape index (κ2) is 4.37. The van der Waals surface area contributed by atoms with E-state index in [9.17, 15) is 9.59 Å². The Morgan fingerprint density at radius 2 is 1.95 bits per heavy atom. The number of aryl methyl sites for hydroxylation is 1. The SMILES string of the molecule is COc1ccc2c(c1)CCCC21CC(=O)NC(=O)C1. The van der Waals surface area contributed by atoms with Gasteiger partial charge in [0.25, 0.3) is 0 Å². The normalized spacial score (nSPS) is 20.9. The molecule has 1 fully saturated rings. The third-order valence-electron chi connectivity index (χ3n) is 4.26. The van der Waals surface area contributed by atoms with Crippen molar-refractivity contribution >= 4 is 11.8 Å². The third-order valence-corrected chi connectivity index (χ3v) is 4.26. The lowest BCUT2D eigenvalue weighted by molar-refractivity contribution is -0.136. The summed E-state index contributed by atoms with van der Waals surface area (Å²) in [4.78, 5) is 23.4. The fourth-order valence-electron chi connectivity index (χ4n) is 3.46. The predicted octanol–water partition coefficient (Wildman–Crippen LogP) is 1.71. The Kier molecular flexibility index (Phi) is 2.81. The van der Waals surface area contributed by atoms with Gasteiger partial charge in [0.05, 0.1) is 7.11 Å². The lowest BCUT2D eigenvalue weighted by Gasteiger charge is -2.40. The van der Waals surface area contributed by atoms with Crippen molar-refractivity contribution in [1.82, 2.24) is 5.32 Å². The van der Waals surface area contributed by atoms with Crippen molar-refractivity contribution in [2.45, 2.75) is 37.5 Å². The molecule has 2 amide bonds. The first-order chi connectivity index (χ1) is 9.13. The summed E-state index contributed by atoms with van der Waals surface area (Å²) < 4.78 is 5.25. The van der Waals surface area contributed by atoms with E-state index in [0.717, 1.165) is 30.6 Å². The number of amides is 2. The van der Waals surface area contributed by atoms with Crippen LogP contribution in [0.4, 0.5) is 0 Å². The molecule has 0 radical (unpaired) electrons. The lowest BCUT2D eigenvalue weighted by atomic mass is 9.64. The number of hydrogen-bond donors (Lipinski definition) is 1. The van der Waals surface area contributed by atoms with E-state index in [0.29, 0.717) is 12.8 Å². The molecule has 0 saturated carbocycles. The zero-order chi connectivity index (χ0) is 13.5. The molecule has 4 nitrogen and oxygen atoms in total. The molecule has 0 atom stereocenters. The molecular weight excluding hydrogens is 242 g/mol. The summed E-state index contributed by atoms with van der Waals surface area (Å²) in [5, 5.41) is 2.40. The average molecular weight is 259 g/mol. The van der Waals surface area contributed by atoms with E-state index in [2.05, 4.69) is 5.32 Å². The van der Waals surface area contributed by atoms with E-state index in [1.807, 2.05) is 18.2 Å². The monoisotopic (exact) mass is 259 g/mol. The molecule has 1 aromatic carbocycles. The molecule has 0 unspecified atom stereocenters. The Balaban J connectivity index is 2.06. The van der Waals surface area contributed by atoms with Gasteiger partial charge in [-0.2, -0.15) is 0 Å². The molecule has 0 bridgehead atoms. The van der Waals surface area contributed by atoms with Crippen molar-refractivity contribution < 1.29 is 14.3 Å². The molecule has 100 valence electrons. The number of hydrogen-bond acceptors (Lipinski definition) is 3. The van der Waals surface area contributed by atoms with Crippen LogP contribution in [0.3, 0.4) is 0 Å². The van der Waals surface area contributed by atoms with Gasteiger partial charge in [-0.05, 0) is 42.5 Å². The van der Waals surface area contributed by atoms with Crippen molar-refractivity contribution in [1.29, 1.82) is 0 Å². The summed E-state index contributed by atoms with van der Waals surface area (Å²) in [5.41, 5.74) is 2.08. The number of carbonyl (C=O) groups is 2. The first kappa shape index (κ1) is 12.2. The summed E-state index contributed by atoms with van der Waals surface area (Å²) in [7, 11) is 1.65. The van der Waals surface area contributed by atoms with Gasteiger partial charge in [-0.3, -0.25) is 14.9 Å². The van der Waals surface area contributed by atoms with Crippen LogP contribution in [0.1, 0.15) is 36.8 Å². The maximum atomic E-state index is 11.7. The summed E-state index contributed by atoms with van der Waals surface area (Å²) in [5.74, 6) is 0.530. The summed E-state index contributed by atoms with van der Waals surface area (Å²) >= 11 is 0. The second-order valence-electron chi connectivity index (χ2n) is 5.48. The first-order valence-electron chi connectivity index (χ1n) is 6.63. The predicted molar refractivity (Wildman–Crippen MR) is 70.0 cm³/mol. The van der Waals surface area contributed by atoms with E-state index in [1.165, 1.54) is 5.56 Å². The standard InChI is InChI=1S/C15H17NO3/c1-19-11-4-5-12-10(7-11)3-2-6-15(12)8-13(17)16-14(18)9-15/h4-5,7H,2-3,6,8-9H2,1H3,(H,16,17,18). The highest BCUT2D eigenvalue weighted by Crippen LogP contribution is 2.44. The average Bonchev–Trinajstić information content (AvgIpc) is 2.37. The van der Waals surface area contributed by atoms with E-state index >= 15 is 0 Å². The van der Waals surface area contributed by atoms with Gasteiger partial charge in [0.1, 0.15) is 5.75 Å². The maximum Gasteiger partial charge on any atom is 0.227 e. The van der Waals surface area contributed by atoms with Gasteiger partial charge in [-0.15, -0.1) is 0 Å². The fraction of sp³-hybridized carbons (Fsp3) is 0.467. The molecule has 4 heteroatoms. The van der Waals surface area contributed by atoms with E-state index < -0.39 is 0 Å². The molecule has 1 aliphatic carbocycles. The van der Waals surface area contributed by atoms with Crippen molar-refractivity contribution in [3.63, 3.8) is 0 Å². The zero-order valence-electron chi connectivity index (χ0n) is 11.0. The minimum Gasteiger partial charge on any atom is -0.497 e. The smallest absolute Gasteiger partial charge is 0.227 e. The molecule has 1 N–H and O–H groups in total. The molecule has 19 heavy (non-hydrogen) atoms. The molecule has 1 saturated heterocycles. The second-order valence-corrected chi connectivity index (χ2v) is 5.48. The van der Waals surface area contributed by atoms with Gasteiger partial charge < -0.3 is 4.74 Å². The van der Waals surface area contributed by atoms with Crippen LogP contribution < -0.4 is 10.1 Å². The molecule has 1 aromatic rings.